The van der Waals surface area contributed by atoms with Crippen molar-refractivity contribution in [1.82, 2.24) is 0 Å². The van der Waals surface area contributed by atoms with Gasteiger partial charge in [-0.3, -0.25) is 0 Å². The fourth-order valence-corrected chi connectivity index (χ4v) is 3.52. The van der Waals surface area contributed by atoms with E-state index in [9.17, 15) is 0 Å². The smallest absolute Gasteiger partial charge is 0.250 e. The lowest BCUT2D eigenvalue weighted by Gasteiger charge is -2.39. The molecule has 1 atom stereocenters. The molecule has 0 bridgehead atoms. The predicted molar refractivity (Wildman–Crippen MR) is 86.7 cm³/mol. The second kappa shape index (κ2) is 5.72. The Labute approximate surface area is 120 Å². The van der Waals surface area contributed by atoms with Gasteiger partial charge in [-0.1, -0.05) is 27.4 Å². The topological polar surface area (TPSA) is 9.23 Å². The number of allylic oxidation sites excluding steroid dienone is 3. The summed E-state index contributed by atoms with van der Waals surface area (Å²) in [5.74, 6) is 1.74. The zero-order chi connectivity index (χ0) is 14.8. The van der Waals surface area contributed by atoms with Crippen LogP contribution >= 0.6 is 0 Å². The minimum atomic E-state index is -1.71. The van der Waals surface area contributed by atoms with Gasteiger partial charge in [0.15, 0.2) is 0 Å². The van der Waals surface area contributed by atoms with Crippen molar-refractivity contribution >= 4 is 8.32 Å². The van der Waals surface area contributed by atoms with Gasteiger partial charge in [0.2, 0.25) is 8.32 Å². The maximum atomic E-state index is 6.54. The van der Waals surface area contributed by atoms with Gasteiger partial charge in [0.05, 0.1) is 5.76 Å². The number of hydrogen-bond acceptors (Lipinski definition) is 1. The zero-order valence-electron chi connectivity index (χ0n) is 13.8. The Morgan fingerprint density at radius 2 is 1.95 bits per heavy atom. The van der Waals surface area contributed by atoms with E-state index in [0.29, 0.717) is 5.92 Å². The lowest BCUT2D eigenvalue weighted by molar-refractivity contribution is 0.331. The van der Waals surface area contributed by atoms with Gasteiger partial charge in [-0.05, 0) is 56.0 Å². The molecule has 0 N–H and O–H groups in total. The third-order valence-electron chi connectivity index (χ3n) is 4.85. The van der Waals surface area contributed by atoms with E-state index >= 15 is 0 Å². The van der Waals surface area contributed by atoms with Crippen LogP contribution in [-0.4, -0.2) is 8.32 Å². The van der Waals surface area contributed by atoms with Crippen molar-refractivity contribution in [3.05, 3.63) is 29.2 Å². The molecule has 0 saturated heterocycles. The van der Waals surface area contributed by atoms with Gasteiger partial charge >= 0.3 is 0 Å². The predicted octanol–water partition coefficient (Wildman–Crippen LogP) is 5.81. The normalized spacial score (nSPS) is 21.1. The van der Waals surface area contributed by atoms with Crippen molar-refractivity contribution < 1.29 is 4.43 Å². The zero-order valence-corrected chi connectivity index (χ0v) is 14.8. The first-order valence-electron chi connectivity index (χ1n) is 7.35. The van der Waals surface area contributed by atoms with Gasteiger partial charge in [-0.15, -0.1) is 5.73 Å². The minimum absolute atomic E-state index is 0.260. The summed E-state index contributed by atoms with van der Waals surface area (Å²) in [5.41, 5.74) is 5.73. The Hall–Kier alpha value is -0.723. The lowest BCUT2D eigenvalue weighted by Crippen LogP contribution is -2.41. The molecule has 2 heteroatoms. The first-order valence-corrected chi connectivity index (χ1v) is 10.3. The van der Waals surface area contributed by atoms with Gasteiger partial charge < -0.3 is 4.43 Å². The molecule has 0 aromatic heterocycles. The highest BCUT2D eigenvalue weighted by atomic mass is 28.4. The van der Waals surface area contributed by atoms with Crippen molar-refractivity contribution in [2.75, 3.05) is 0 Å². The van der Waals surface area contributed by atoms with Crippen LogP contribution in [0.2, 0.25) is 18.1 Å². The van der Waals surface area contributed by atoms with Gasteiger partial charge in [-0.2, -0.15) is 0 Å². The van der Waals surface area contributed by atoms with Crippen LogP contribution in [0.15, 0.2) is 29.2 Å². The molecule has 1 rings (SSSR count). The van der Waals surface area contributed by atoms with Crippen LogP contribution in [0, 0.1) is 5.92 Å². The molecule has 0 aliphatic heterocycles. The van der Waals surface area contributed by atoms with Crippen molar-refractivity contribution in [3.8, 4) is 0 Å². The van der Waals surface area contributed by atoms with E-state index in [1.165, 1.54) is 29.7 Å². The standard InChI is InChI=1S/C17H30OSi/c1-9-13(2)15-11-10-12-16(14(15)3)18-19(7,8)17(4,5)6/h15H,1,10-12H2,2-8H3. The molecule has 0 radical (unpaired) electrons. The first kappa shape index (κ1) is 16.3. The molecule has 108 valence electrons. The summed E-state index contributed by atoms with van der Waals surface area (Å²) < 4.78 is 6.54. The largest absolute Gasteiger partial charge is 0.547 e. The lowest BCUT2D eigenvalue weighted by atomic mass is 9.83. The van der Waals surface area contributed by atoms with E-state index in [0.717, 1.165) is 6.42 Å². The summed E-state index contributed by atoms with van der Waals surface area (Å²) in [7, 11) is -1.71. The Bertz CT molecular complexity index is 417. The summed E-state index contributed by atoms with van der Waals surface area (Å²) in [4.78, 5) is 0. The van der Waals surface area contributed by atoms with Crippen LogP contribution in [0.1, 0.15) is 53.9 Å². The molecule has 0 amide bonds. The second-order valence-corrected chi connectivity index (χ2v) is 12.0. The first-order chi connectivity index (χ1) is 8.60. The van der Waals surface area contributed by atoms with Crippen LogP contribution < -0.4 is 0 Å². The average Bonchev–Trinajstić information content (AvgIpc) is 2.29. The van der Waals surface area contributed by atoms with Gasteiger partial charge in [0.25, 0.3) is 0 Å². The SMILES string of the molecule is C=C=C(C)C1CCCC(O[Si](C)(C)C(C)(C)C)=C1C. The average molecular weight is 279 g/mol. The van der Waals surface area contributed by atoms with E-state index in [1.807, 2.05) is 0 Å². The Morgan fingerprint density at radius 1 is 1.37 bits per heavy atom. The van der Waals surface area contributed by atoms with Crippen LogP contribution in [0.4, 0.5) is 0 Å². The van der Waals surface area contributed by atoms with Gasteiger partial charge in [0, 0.05) is 12.3 Å². The fourth-order valence-electron chi connectivity index (χ4n) is 2.33. The van der Waals surface area contributed by atoms with E-state index < -0.39 is 8.32 Å². The van der Waals surface area contributed by atoms with E-state index in [4.69, 9.17) is 4.43 Å². The quantitative estimate of drug-likeness (QED) is 0.467. The molecule has 0 aromatic carbocycles. The van der Waals surface area contributed by atoms with E-state index in [1.54, 1.807) is 0 Å². The van der Waals surface area contributed by atoms with Crippen molar-refractivity contribution in [1.29, 1.82) is 0 Å². The summed E-state index contributed by atoms with van der Waals surface area (Å²) in [5, 5.41) is 0.260. The molecule has 0 saturated carbocycles. The van der Waals surface area contributed by atoms with E-state index in [2.05, 4.69) is 60.0 Å². The fraction of sp³-hybridized carbons (Fsp3) is 0.706. The molecule has 1 nitrogen and oxygen atoms in total. The molecule has 0 fully saturated rings. The number of rotatable bonds is 3. The molecule has 0 spiro atoms. The molecule has 1 unspecified atom stereocenters. The maximum Gasteiger partial charge on any atom is 0.250 e. The molecule has 1 aliphatic carbocycles. The highest BCUT2D eigenvalue weighted by Gasteiger charge is 2.40. The monoisotopic (exact) mass is 278 g/mol. The van der Waals surface area contributed by atoms with E-state index in [-0.39, 0.29) is 5.04 Å². The van der Waals surface area contributed by atoms with Gasteiger partial charge in [-0.25, -0.2) is 0 Å². The molecule has 0 aromatic rings. The Morgan fingerprint density at radius 3 is 2.42 bits per heavy atom. The highest BCUT2D eigenvalue weighted by Crippen LogP contribution is 2.42. The van der Waals surface area contributed by atoms with Crippen molar-refractivity contribution in [2.45, 2.75) is 72.0 Å². The highest BCUT2D eigenvalue weighted by molar-refractivity contribution is 6.74. The maximum absolute atomic E-state index is 6.54. The molecular formula is C17H30OSi. The third-order valence-corrected chi connectivity index (χ3v) is 9.21. The van der Waals surface area contributed by atoms with Crippen molar-refractivity contribution in [2.24, 2.45) is 5.92 Å². The van der Waals surface area contributed by atoms with Gasteiger partial charge in [0.1, 0.15) is 0 Å². The Balaban J connectivity index is 3.03. The molecular weight excluding hydrogens is 248 g/mol. The minimum Gasteiger partial charge on any atom is -0.547 e. The third kappa shape index (κ3) is 3.64. The van der Waals surface area contributed by atoms with Crippen LogP contribution in [-0.2, 0) is 4.43 Å². The summed E-state index contributed by atoms with van der Waals surface area (Å²) in [6, 6.07) is 0. The molecule has 19 heavy (non-hydrogen) atoms. The van der Waals surface area contributed by atoms with Crippen LogP contribution in [0.5, 0.6) is 0 Å². The second-order valence-electron chi connectivity index (χ2n) is 7.27. The summed E-state index contributed by atoms with van der Waals surface area (Å²) in [6.07, 6.45) is 3.52. The summed E-state index contributed by atoms with van der Waals surface area (Å²) >= 11 is 0. The van der Waals surface area contributed by atoms with Crippen LogP contribution in [0.3, 0.4) is 0 Å². The Kier molecular flexibility index (Phi) is 4.92. The number of hydrogen-bond donors (Lipinski definition) is 0. The van der Waals surface area contributed by atoms with Crippen molar-refractivity contribution in [3.63, 3.8) is 0 Å². The van der Waals surface area contributed by atoms with Crippen LogP contribution in [0.25, 0.3) is 0 Å². The molecule has 1 aliphatic rings. The molecule has 0 heterocycles. The summed E-state index contributed by atoms with van der Waals surface area (Å²) in [6.45, 7) is 19.7.